The summed E-state index contributed by atoms with van der Waals surface area (Å²) in [6.45, 7) is 2.58. The van der Waals surface area contributed by atoms with Crippen LogP contribution < -0.4 is 10.9 Å². The van der Waals surface area contributed by atoms with Gasteiger partial charge in [-0.05, 0) is 45.4 Å². The van der Waals surface area contributed by atoms with Crippen molar-refractivity contribution in [2.45, 2.75) is 68.2 Å². The van der Waals surface area contributed by atoms with Crippen molar-refractivity contribution >= 4 is 27.3 Å². The van der Waals surface area contributed by atoms with Crippen LogP contribution >= 0.6 is 11.6 Å². The van der Waals surface area contributed by atoms with E-state index in [4.69, 9.17) is 20.8 Å². The molecule has 0 bridgehead atoms. The number of sulfonamides is 1. The van der Waals surface area contributed by atoms with E-state index < -0.39 is 21.3 Å². The zero-order valence-electron chi connectivity index (χ0n) is 19.5. The van der Waals surface area contributed by atoms with Gasteiger partial charge in [-0.1, -0.05) is 11.6 Å². The van der Waals surface area contributed by atoms with Crippen LogP contribution in [0.1, 0.15) is 62.1 Å². The fourth-order valence-electron chi connectivity index (χ4n) is 4.63. The highest BCUT2D eigenvalue weighted by molar-refractivity contribution is 7.89. The molecule has 3 fully saturated rings. The average Bonchev–Trinajstić information content (AvgIpc) is 3.62. The lowest BCUT2D eigenvalue weighted by Gasteiger charge is -2.31. The molecule has 0 radical (unpaired) electrons. The molecule has 4 heterocycles. The Hall–Kier alpha value is -2.02. The molecule has 1 atom stereocenters. The van der Waals surface area contributed by atoms with Crippen molar-refractivity contribution in [1.82, 2.24) is 19.1 Å². The summed E-state index contributed by atoms with van der Waals surface area (Å²) in [5.74, 6) is 0.708. The minimum atomic E-state index is -3.82. The second kappa shape index (κ2) is 9.45. The Morgan fingerprint density at radius 3 is 2.69 bits per heavy atom. The van der Waals surface area contributed by atoms with Gasteiger partial charge in [-0.2, -0.15) is 9.40 Å². The van der Waals surface area contributed by atoms with Crippen LogP contribution in [0, 0.1) is 6.92 Å². The van der Waals surface area contributed by atoms with Gasteiger partial charge in [0.25, 0.3) is 20.7 Å². The zero-order valence-corrected chi connectivity index (χ0v) is 21.1. The van der Waals surface area contributed by atoms with E-state index in [2.05, 4.69) is 15.4 Å². The van der Waals surface area contributed by atoms with Gasteiger partial charge in [-0.25, -0.2) is 22.5 Å². The highest BCUT2D eigenvalue weighted by Gasteiger charge is 2.38. The second-order valence-corrected chi connectivity index (χ2v) is 11.8. The first-order chi connectivity index (χ1) is 16.7. The Labute approximate surface area is 207 Å². The Morgan fingerprint density at radius 2 is 2.03 bits per heavy atom. The number of nitrogens with one attached hydrogen (secondary N) is 1. The lowest BCUT2D eigenvalue weighted by molar-refractivity contribution is -0.0234. The molecule has 3 aliphatic rings. The number of aryl methyl sites for hydroxylation is 1. The van der Waals surface area contributed by atoms with E-state index in [0.29, 0.717) is 43.9 Å². The van der Waals surface area contributed by atoms with Crippen LogP contribution in [0.2, 0.25) is 5.02 Å². The summed E-state index contributed by atoms with van der Waals surface area (Å²) in [7, 11) is -3.82. The highest BCUT2D eigenvalue weighted by Crippen LogP contribution is 2.41. The first-order valence-corrected chi connectivity index (χ1v) is 13.7. The number of anilines is 1. The fourth-order valence-corrected chi connectivity index (χ4v) is 6.37. The summed E-state index contributed by atoms with van der Waals surface area (Å²) >= 11 is 6.30. The molecule has 0 aromatic carbocycles. The number of hydrogen-bond donors (Lipinski definition) is 1. The predicted octanol–water partition coefficient (Wildman–Crippen LogP) is 3.03. The molecular formula is C22H29ClFN5O5S. The molecule has 1 N–H and O–H groups in total. The lowest BCUT2D eigenvalue weighted by atomic mass is 9.99. The third kappa shape index (κ3) is 4.98. The van der Waals surface area contributed by atoms with E-state index in [-0.39, 0.29) is 54.0 Å². The van der Waals surface area contributed by atoms with Gasteiger partial charge in [0.1, 0.15) is 5.02 Å². The molecule has 1 aliphatic carbocycles. The van der Waals surface area contributed by atoms with Crippen molar-refractivity contribution in [3.8, 4) is 0 Å². The van der Waals surface area contributed by atoms with Gasteiger partial charge in [0.2, 0.25) is 0 Å². The van der Waals surface area contributed by atoms with E-state index in [1.165, 1.54) is 15.2 Å². The van der Waals surface area contributed by atoms with Crippen molar-refractivity contribution in [3.05, 3.63) is 33.2 Å². The summed E-state index contributed by atoms with van der Waals surface area (Å²) in [5.41, 5.74) is -1.37. The molecule has 0 amide bonds. The minimum absolute atomic E-state index is 0.000911. The van der Waals surface area contributed by atoms with E-state index in [1.54, 1.807) is 6.92 Å². The third-order valence-electron chi connectivity index (χ3n) is 6.85. The smallest absolute Gasteiger partial charge is 0.287 e. The number of oxazole rings is 1. The van der Waals surface area contributed by atoms with Gasteiger partial charge in [-0.15, -0.1) is 0 Å². The summed E-state index contributed by atoms with van der Waals surface area (Å²) in [4.78, 5) is 17.2. The highest BCUT2D eigenvalue weighted by atomic mass is 35.5. The first kappa shape index (κ1) is 24.7. The molecule has 2 saturated heterocycles. The molecule has 1 unspecified atom stereocenters. The standard InChI is InChI=1S/C22H29ClFN5O5S/c1-14-21(34-19(27-14)15-3-4-15)35(31,32)28-8-5-16(6-9-28)29-20(30)18(23)17(11-26-29)25-12-22(24)7-2-10-33-13-22/h11,15-16,25H,2-10,12-13H2,1H3. The quantitative estimate of drug-likeness (QED) is 0.581. The molecule has 0 spiro atoms. The number of aromatic nitrogens is 3. The van der Waals surface area contributed by atoms with Crippen LogP contribution in [0.25, 0.3) is 0 Å². The SMILES string of the molecule is Cc1nc(C2CC2)oc1S(=O)(=O)N1CCC(n2ncc(NCC3(F)CCCOC3)c(Cl)c2=O)CC1. The molecular weight excluding hydrogens is 501 g/mol. The predicted molar refractivity (Wildman–Crippen MR) is 126 cm³/mol. The Balaban J connectivity index is 1.24. The molecule has 5 rings (SSSR count). The van der Waals surface area contributed by atoms with Gasteiger partial charge in [0, 0.05) is 25.6 Å². The van der Waals surface area contributed by atoms with Crippen LogP contribution in [-0.2, 0) is 14.8 Å². The number of nitrogens with zero attached hydrogens (tertiary/aromatic N) is 4. The lowest BCUT2D eigenvalue weighted by Crippen LogP contribution is -2.42. The van der Waals surface area contributed by atoms with Crippen LogP contribution in [0.3, 0.4) is 0 Å². The molecule has 1 saturated carbocycles. The maximum absolute atomic E-state index is 14.8. The molecule has 2 aliphatic heterocycles. The van der Waals surface area contributed by atoms with E-state index >= 15 is 0 Å². The number of halogens is 2. The molecule has 13 heteroatoms. The van der Waals surface area contributed by atoms with Crippen LogP contribution in [0.5, 0.6) is 0 Å². The summed E-state index contributed by atoms with van der Waals surface area (Å²) in [6, 6.07) is -0.308. The molecule has 2 aromatic heterocycles. The van der Waals surface area contributed by atoms with E-state index in [9.17, 15) is 17.6 Å². The van der Waals surface area contributed by atoms with Crippen molar-refractivity contribution in [3.63, 3.8) is 0 Å². The van der Waals surface area contributed by atoms with Crippen molar-refractivity contribution in [2.24, 2.45) is 0 Å². The van der Waals surface area contributed by atoms with Gasteiger partial charge >= 0.3 is 0 Å². The third-order valence-corrected chi connectivity index (χ3v) is 9.11. The monoisotopic (exact) mass is 529 g/mol. The van der Waals surface area contributed by atoms with E-state index in [1.807, 2.05) is 0 Å². The Morgan fingerprint density at radius 1 is 1.29 bits per heavy atom. The average molecular weight is 530 g/mol. The fraction of sp³-hybridized carbons (Fsp3) is 0.682. The zero-order chi connectivity index (χ0) is 24.8. The number of rotatable bonds is 7. The van der Waals surface area contributed by atoms with Crippen LogP contribution in [-0.4, -0.2) is 66.0 Å². The number of ether oxygens (including phenoxy) is 1. The molecule has 35 heavy (non-hydrogen) atoms. The maximum atomic E-state index is 14.8. The largest absolute Gasteiger partial charge is 0.427 e. The van der Waals surface area contributed by atoms with Crippen molar-refractivity contribution in [1.29, 1.82) is 0 Å². The Kier molecular flexibility index (Phi) is 6.66. The second-order valence-electron chi connectivity index (χ2n) is 9.62. The first-order valence-electron chi connectivity index (χ1n) is 11.9. The number of piperidine rings is 1. The molecule has 10 nitrogen and oxygen atoms in total. The summed E-state index contributed by atoms with van der Waals surface area (Å²) < 4.78 is 54.6. The van der Waals surface area contributed by atoms with Crippen molar-refractivity contribution in [2.75, 3.05) is 38.2 Å². The van der Waals surface area contributed by atoms with Crippen LogP contribution in [0.4, 0.5) is 10.1 Å². The Bertz CT molecular complexity index is 1250. The number of alkyl halides is 1. The normalized spacial score (nSPS) is 24.5. The summed E-state index contributed by atoms with van der Waals surface area (Å²) in [6.07, 6.45) is 5.14. The summed E-state index contributed by atoms with van der Waals surface area (Å²) in [5, 5.41) is 6.97. The topological polar surface area (TPSA) is 120 Å². The maximum Gasteiger partial charge on any atom is 0.287 e. The minimum Gasteiger partial charge on any atom is -0.427 e. The molecule has 2 aromatic rings. The van der Waals surface area contributed by atoms with Gasteiger partial charge < -0.3 is 14.5 Å². The number of hydrogen-bond acceptors (Lipinski definition) is 8. The van der Waals surface area contributed by atoms with Gasteiger partial charge in [0.05, 0.1) is 36.8 Å². The van der Waals surface area contributed by atoms with Gasteiger partial charge in [-0.3, -0.25) is 4.79 Å². The van der Waals surface area contributed by atoms with Crippen molar-refractivity contribution < 1.29 is 22.0 Å². The van der Waals surface area contributed by atoms with E-state index in [0.717, 1.165) is 12.8 Å². The molecule has 192 valence electrons. The van der Waals surface area contributed by atoms with Gasteiger partial charge in [0.15, 0.2) is 11.6 Å². The van der Waals surface area contributed by atoms with Crippen LogP contribution in [0.15, 0.2) is 20.5 Å².